The molecule has 0 saturated carbocycles. The summed E-state index contributed by atoms with van der Waals surface area (Å²) < 4.78 is 11.6. The van der Waals surface area contributed by atoms with Crippen LogP contribution in [0.1, 0.15) is 37.4 Å². The van der Waals surface area contributed by atoms with Gasteiger partial charge in [-0.1, -0.05) is 30.3 Å². The smallest absolute Gasteiger partial charge is 0.158 e. The van der Waals surface area contributed by atoms with Gasteiger partial charge in [0.1, 0.15) is 0 Å². The zero-order chi connectivity index (χ0) is 11.9. The molecule has 1 aliphatic heterocycles. The van der Waals surface area contributed by atoms with Crippen LogP contribution in [0.3, 0.4) is 0 Å². The van der Waals surface area contributed by atoms with E-state index in [1.54, 1.807) is 0 Å². The lowest BCUT2D eigenvalue weighted by atomic mass is 10.1. The summed E-state index contributed by atoms with van der Waals surface area (Å²) in [5.74, 6) is 0.603. The quantitative estimate of drug-likeness (QED) is 0.742. The van der Waals surface area contributed by atoms with Crippen molar-refractivity contribution in [2.45, 2.75) is 38.1 Å². The van der Waals surface area contributed by atoms with E-state index < -0.39 is 0 Å². The van der Waals surface area contributed by atoms with Crippen molar-refractivity contribution in [2.75, 3.05) is 12.5 Å². The Morgan fingerprint density at radius 2 is 2.12 bits per heavy atom. The molecule has 2 nitrogen and oxygen atoms in total. The zero-order valence-corrected chi connectivity index (χ0v) is 10.7. The number of benzene rings is 1. The Bertz CT molecular complexity index is 309. The first-order chi connectivity index (χ1) is 8.40. The molecule has 1 heterocycles. The van der Waals surface area contributed by atoms with Gasteiger partial charge in [-0.05, 0) is 31.2 Å². The molecule has 1 aliphatic rings. The Morgan fingerprint density at radius 3 is 2.76 bits per heavy atom. The van der Waals surface area contributed by atoms with E-state index in [0.29, 0.717) is 5.88 Å². The van der Waals surface area contributed by atoms with E-state index in [9.17, 15) is 0 Å². The van der Waals surface area contributed by atoms with Gasteiger partial charge in [-0.25, -0.2) is 0 Å². The van der Waals surface area contributed by atoms with Crippen molar-refractivity contribution in [1.29, 1.82) is 0 Å². The molecule has 1 fully saturated rings. The van der Waals surface area contributed by atoms with Gasteiger partial charge in [0.2, 0.25) is 0 Å². The molecule has 0 amide bonds. The van der Waals surface area contributed by atoms with Gasteiger partial charge in [0.25, 0.3) is 0 Å². The predicted octanol–water partition coefficient (Wildman–Crippen LogP) is 3.90. The molecular weight excluding hydrogens is 236 g/mol. The predicted molar refractivity (Wildman–Crippen MR) is 69.2 cm³/mol. The second-order valence-corrected chi connectivity index (χ2v) is 4.69. The van der Waals surface area contributed by atoms with Crippen molar-refractivity contribution >= 4 is 11.6 Å². The Kier molecular flexibility index (Phi) is 5.30. The van der Waals surface area contributed by atoms with Crippen molar-refractivity contribution in [3.05, 3.63) is 35.9 Å². The first-order valence-corrected chi connectivity index (χ1v) is 6.81. The summed E-state index contributed by atoms with van der Waals surface area (Å²) in [4.78, 5) is 0. The molecule has 0 spiro atoms. The van der Waals surface area contributed by atoms with Crippen molar-refractivity contribution < 1.29 is 9.47 Å². The van der Waals surface area contributed by atoms with E-state index in [1.165, 1.54) is 12.0 Å². The van der Waals surface area contributed by atoms with Crippen LogP contribution >= 0.6 is 11.6 Å². The zero-order valence-electron chi connectivity index (χ0n) is 9.98. The van der Waals surface area contributed by atoms with Gasteiger partial charge in [-0.15, -0.1) is 11.6 Å². The molecular formula is C14H19ClO2. The van der Waals surface area contributed by atoms with E-state index in [4.69, 9.17) is 21.1 Å². The van der Waals surface area contributed by atoms with Gasteiger partial charge in [-0.3, -0.25) is 0 Å². The molecule has 2 atom stereocenters. The summed E-state index contributed by atoms with van der Waals surface area (Å²) in [6, 6.07) is 10.2. The Labute approximate surface area is 108 Å². The molecule has 3 heteroatoms. The number of hydrogen-bond donors (Lipinski definition) is 0. The van der Waals surface area contributed by atoms with Crippen LogP contribution in [0.4, 0.5) is 0 Å². The maximum absolute atomic E-state index is 6.01. The average Bonchev–Trinajstić information content (AvgIpc) is 2.40. The third-order valence-corrected chi connectivity index (χ3v) is 3.21. The average molecular weight is 255 g/mol. The molecule has 0 N–H and O–H groups in total. The largest absolute Gasteiger partial charge is 0.353 e. The molecule has 0 radical (unpaired) electrons. The third-order valence-electron chi connectivity index (χ3n) is 3.00. The minimum absolute atomic E-state index is 0.0526. The van der Waals surface area contributed by atoms with Gasteiger partial charge >= 0.3 is 0 Å². The van der Waals surface area contributed by atoms with Gasteiger partial charge in [0.15, 0.2) is 6.29 Å². The van der Waals surface area contributed by atoms with E-state index >= 15 is 0 Å². The fourth-order valence-corrected chi connectivity index (χ4v) is 2.28. The first kappa shape index (κ1) is 12.9. The van der Waals surface area contributed by atoms with Crippen LogP contribution in [0.5, 0.6) is 0 Å². The topological polar surface area (TPSA) is 18.5 Å². The Hall–Kier alpha value is -0.570. The highest BCUT2D eigenvalue weighted by Gasteiger charge is 2.20. The summed E-state index contributed by atoms with van der Waals surface area (Å²) in [6.07, 6.45) is 4.14. The first-order valence-electron chi connectivity index (χ1n) is 6.28. The van der Waals surface area contributed by atoms with E-state index in [2.05, 4.69) is 12.1 Å². The molecule has 94 valence electrons. The Morgan fingerprint density at radius 1 is 1.29 bits per heavy atom. The lowest BCUT2D eigenvalue weighted by molar-refractivity contribution is -0.190. The fraction of sp³-hybridized carbons (Fsp3) is 0.571. The van der Waals surface area contributed by atoms with Crippen molar-refractivity contribution in [3.63, 3.8) is 0 Å². The number of hydrogen-bond acceptors (Lipinski definition) is 2. The number of halogens is 1. The van der Waals surface area contributed by atoms with Crippen LogP contribution in [-0.2, 0) is 9.47 Å². The van der Waals surface area contributed by atoms with Crippen LogP contribution < -0.4 is 0 Å². The molecule has 2 unspecified atom stereocenters. The molecule has 1 saturated heterocycles. The highest BCUT2D eigenvalue weighted by atomic mass is 35.5. The summed E-state index contributed by atoms with van der Waals surface area (Å²) in [7, 11) is 0. The maximum Gasteiger partial charge on any atom is 0.158 e. The normalized spacial score (nSPS) is 22.3. The third kappa shape index (κ3) is 3.98. The highest BCUT2D eigenvalue weighted by molar-refractivity contribution is 6.17. The van der Waals surface area contributed by atoms with Crippen LogP contribution in [0, 0.1) is 0 Å². The van der Waals surface area contributed by atoms with Gasteiger partial charge in [0, 0.05) is 12.5 Å². The van der Waals surface area contributed by atoms with E-state index in [-0.39, 0.29) is 12.4 Å². The molecule has 1 aromatic rings. The van der Waals surface area contributed by atoms with Crippen LogP contribution in [0.15, 0.2) is 30.3 Å². The van der Waals surface area contributed by atoms with Crippen molar-refractivity contribution in [3.8, 4) is 0 Å². The number of rotatable bonds is 5. The van der Waals surface area contributed by atoms with E-state index in [1.807, 2.05) is 18.2 Å². The standard InChI is InChI=1S/C14H19ClO2/c15-10-9-13(12-6-2-1-3-7-12)17-14-8-4-5-11-16-14/h1-3,6-7,13-14H,4-5,8-11H2. The fourth-order valence-electron chi connectivity index (χ4n) is 2.08. The monoisotopic (exact) mass is 254 g/mol. The second-order valence-electron chi connectivity index (χ2n) is 4.31. The van der Waals surface area contributed by atoms with Crippen molar-refractivity contribution in [1.82, 2.24) is 0 Å². The highest BCUT2D eigenvalue weighted by Crippen LogP contribution is 2.26. The van der Waals surface area contributed by atoms with Crippen molar-refractivity contribution in [2.24, 2.45) is 0 Å². The summed E-state index contributed by atoms with van der Waals surface area (Å²) in [5, 5.41) is 0. The SMILES string of the molecule is ClCCC(OC1CCCCO1)c1ccccc1. The minimum atomic E-state index is -0.0582. The maximum atomic E-state index is 6.01. The molecule has 1 aromatic carbocycles. The minimum Gasteiger partial charge on any atom is -0.353 e. The molecule has 2 rings (SSSR count). The van der Waals surface area contributed by atoms with Gasteiger partial charge in [-0.2, -0.15) is 0 Å². The van der Waals surface area contributed by atoms with E-state index in [0.717, 1.165) is 25.9 Å². The Balaban J connectivity index is 1.96. The summed E-state index contributed by atoms with van der Waals surface area (Å²) in [6.45, 7) is 0.813. The number of ether oxygens (including phenoxy) is 2. The lowest BCUT2D eigenvalue weighted by Gasteiger charge is -2.27. The molecule has 0 aromatic heterocycles. The van der Waals surface area contributed by atoms with Crippen LogP contribution in [-0.4, -0.2) is 18.8 Å². The molecule has 0 aliphatic carbocycles. The number of alkyl halides is 1. The van der Waals surface area contributed by atoms with Gasteiger partial charge < -0.3 is 9.47 Å². The molecule has 0 bridgehead atoms. The van der Waals surface area contributed by atoms with Gasteiger partial charge in [0.05, 0.1) is 6.10 Å². The second kappa shape index (κ2) is 7.00. The van der Waals surface area contributed by atoms with Crippen LogP contribution in [0.25, 0.3) is 0 Å². The lowest BCUT2D eigenvalue weighted by Crippen LogP contribution is -2.24. The summed E-state index contributed by atoms with van der Waals surface area (Å²) in [5.41, 5.74) is 1.18. The summed E-state index contributed by atoms with van der Waals surface area (Å²) >= 11 is 5.84. The molecule has 17 heavy (non-hydrogen) atoms. The van der Waals surface area contributed by atoms with Crippen LogP contribution in [0.2, 0.25) is 0 Å².